The Labute approximate surface area is 109 Å². The van der Waals surface area contributed by atoms with Crippen molar-refractivity contribution in [2.45, 2.75) is 24.5 Å². The monoisotopic (exact) mass is 289 g/mol. The number of rotatable bonds is 3. The Morgan fingerprint density at radius 2 is 2.05 bits per heavy atom. The molecular weight excluding hydrogens is 278 g/mol. The fourth-order valence-corrected chi connectivity index (χ4v) is 1.90. The Bertz CT molecular complexity index is 637. The Morgan fingerprint density at radius 1 is 1.40 bits per heavy atom. The average Bonchev–Trinajstić information content (AvgIpc) is 2.66. The van der Waals surface area contributed by atoms with Crippen molar-refractivity contribution in [2.75, 3.05) is 6.61 Å². The molecule has 2 heterocycles. The lowest BCUT2D eigenvalue weighted by atomic mass is 10.1. The van der Waals surface area contributed by atoms with E-state index in [1.807, 2.05) is 0 Å². The number of H-pyrrole nitrogens is 1. The number of aliphatic hydroxyl groups excluding tert-OH is 3. The van der Waals surface area contributed by atoms with Gasteiger partial charge in [-0.1, -0.05) is 0 Å². The zero-order valence-electron chi connectivity index (χ0n) is 9.87. The van der Waals surface area contributed by atoms with E-state index in [-0.39, 0.29) is 0 Å². The molecule has 11 nitrogen and oxygen atoms in total. The van der Waals surface area contributed by atoms with Gasteiger partial charge in [0.15, 0.2) is 6.23 Å². The van der Waals surface area contributed by atoms with Gasteiger partial charge >= 0.3 is 16.9 Å². The van der Waals surface area contributed by atoms with Crippen LogP contribution in [0.1, 0.15) is 6.23 Å². The molecule has 2 rings (SSSR count). The standard InChI is InChI=1S/C9H11N3O8/c13-2-4-5(14)6(15)8(20-4)11-1-3(12(18)19)7(16)10-9(11)17/h1,4-6,8,13-15H,2H2,(H,10,16,17)/t4-,5+,6?,8-/m1/s1. The number of nitrogens with zero attached hydrogens (tertiary/aromatic N) is 2. The molecule has 4 N–H and O–H groups in total. The molecule has 4 atom stereocenters. The van der Waals surface area contributed by atoms with Gasteiger partial charge in [0.2, 0.25) is 0 Å². The molecule has 0 aliphatic carbocycles. The maximum Gasteiger partial charge on any atom is 0.350 e. The van der Waals surface area contributed by atoms with Gasteiger partial charge in [0.05, 0.1) is 17.7 Å². The molecule has 0 aromatic carbocycles. The molecule has 1 aliphatic heterocycles. The van der Waals surface area contributed by atoms with Crippen LogP contribution in [0, 0.1) is 10.1 Å². The molecule has 0 saturated carbocycles. The van der Waals surface area contributed by atoms with Gasteiger partial charge in [0.1, 0.15) is 18.3 Å². The number of aromatic nitrogens is 2. The third-order valence-corrected chi connectivity index (χ3v) is 2.94. The second-order valence-corrected chi connectivity index (χ2v) is 4.17. The normalized spacial score (nSPS) is 29.6. The van der Waals surface area contributed by atoms with Crippen molar-refractivity contribution in [1.82, 2.24) is 9.55 Å². The number of nitrogens with one attached hydrogen (secondary N) is 1. The lowest BCUT2D eigenvalue weighted by Crippen LogP contribution is -2.38. The second-order valence-electron chi connectivity index (χ2n) is 4.17. The van der Waals surface area contributed by atoms with Crippen LogP contribution in [0.3, 0.4) is 0 Å². The van der Waals surface area contributed by atoms with Gasteiger partial charge in [-0.05, 0) is 0 Å². The Hall–Kier alpha value is -2.08. The van der Waals surface area contributed by atoms with E-state index >= 15 is 0 Å². The summed E-state index contributed by atoms with van der Waals surface area (Å²) in [6, 6.07) is 0. The van der Waals surface area contributed by atoms with E-state index in [1.165, 1.54) is 0 Å². The highest BCUT2D eigenvalue weighted by molar-refractivity contribution is 5.21. The Kier molecular flexibility index (Phi) is 3.67. The molecule has 110 valence electrons. The topological polar surface area (TPSA) is 168 Å². The summed E-state index contributed by atoms with van der Waals surface area (Å²) in [5, 5.41) is 38.9. The molecule has 20 heavy (non-hydrogen) atoms. The van der Waals surface area contributed by atoms with Crippen molar-refractivity contribution in [3.63, 3.8) is 0 Å². The summed E-state index contributed by atoms with van der Waals surface area (Å²) in [5.74, 6) is 0. The summed E-state index contributed by atoms with van der Waals surface area (Å²) >= 11 is 0. The molecule has 11 heteroatoms. The van der Waals surface area contributed by atoms with E-state index in [9.17, 15) is 29.9 Å². The zero-order valence-corrected chi connectivity index (χ0v) is 9.87. The number of ether oxygens (including phenoxy) is 1. The summed E-state index contributed by atoms with van der Waals surface area (Å²) in [7, 11) is 0. The smallest absolute Gasteiger partial charge is 0.350 e. The minimum atomic E-state index is -1.59. The highest BCUT2D eigenvalue weighted by Crippen LogP contribution is 2.28. The molecule has 0 amide bonds. The van der Waals surface area contributed by atoms with Crippen molar-refractivity contribution >= 4 is 5.69 Å². The first-order chi connectivity index (χ1) is 9.36. The summed E-state index contributed by atoms with van der Waals surface area (Å²) in [6.45, 7) is -0.616. The van der Waals surface area contributed by atoms with E-state index in [2.05, 4.69) is 0 Å². The van der Waals surface area contributed by atoms with Gasteiger partial charge in [-0.3, -0.25) is 24.5 Å². The zero-order chi connectivity index (χ0) is 15.0. The minimum Gasteiger partial charge on any atom is -0.394 e. The van der Waals surface area contributed by atoms with Crippen LogP contribution >= 0.6 is 0 Å². The number of hydrogen-bond acceptors (Lipinski definition) is 8. The summed E-state index contributed by atoms with van der Waals surface area (Å²) in [4.78, 5) is 34.2. The van der Waals surface area contributed by atoms with Gasteiger partial charge < -0.3 is 20.1 Å². The molecule has 1 aliphatic rings. The predicted molar refractivity (Wildman–Crippen MR) is 61.0 cm³/mol. The van der Waals surface area contributed by atoms with E-state index in [0.717, 1.165) is 0 Å². The number of aromatic amines is 1. The van der Waals surface area contributed by atoms with Gasteiger partial charge in [-0.25, -0.2) is 4.79 Å². The van der Waals surface area contributed by atoms with E-state index < -0.39 is 53.0 Å². The molecule has 0 bridgehead atoms. The van der Waals surface area contributed by atoms with Crippen LogP contribution in [0.15, 0.2) is 15.8 Å². The van der Waals surface area contributed by atoms with Gasteiger partial charge in [0.25, 0.3) is 0 Å². The van der Waals surface area contributed by atoms with Crippen LogP contribution in [0.25, 0.3) is 0 Å². The van der Waals surface area contributed by atoms with Gasteiger partial charge in [-0.2, -0.15) is 0 Å². The maximum atomic E-state index is 11.6. The van der Waals surface area contributed by atoms with Crippen LogP contribution in [-0.2, 0) is 4.74 Å². The first-order valence-corrected chi connectivity index (χ1v) is 5.49. The third kappa shape index (κ3) is 2.22. The molecular formula is C9H11N3O8. The van der Waals surface area contributed by atoms with Crippen molar-refractivity contribution < 1.29 is 25.0 Å². The Morgan fingerprint density at radius 3 is 2.55 bits per heavy atom. The van der Waals surface area contributed by atoms with Crippen LogP contribution in [0.5, 0.6) is 0 Å². The Balaban J connectivity index is 2.48. The summed E-state index contributed by atoms with van der Waals surface area (Å²) < 4.78 is 5.63. The van der Waals surface area contributed by atoms with Crippen molar-refractivity contribution in [1.29, 1.82) is 0 Å². The van der Waals surface area contributed by atoms with Crippen LogP contribution < -0.4 is 11.2 Å². The highest BCUT2D eigenvalue weighted by Gasteiger charge is 2.44. The number of nitro groups is 1. The van der Waals surface area contributed by atoms with Gasteiger partial charge in [-0.15, -0.1) is 0 Å². The number of aliphatic hydroxyl groups is 3. The van der Waals surface area contributed by atoms with Crippen molar-refractivity contribution in [2.24, 2.45) is 0 Å². The maximum absolute atomic E-state index is 11.6. The van der Waals surface area contributed by atoms with Crippen molar-refractivity contribution in [3.05, 3.63) is 37.1 Å². The first-order valence-electron chi connectivity index (χ1n) is 5.49. The fourth-order valence-electron chi connectivity index (χ4n) is 1.90. The molecule has 0 spiro atoms. The molecule has 1 unspecified atom stereocenters. The van der Waals surface area contributed by atoms with E-state index in [0.29, 0.717) is 10.8 Å². The largest absolute Gasteiger partial charge is 0.394 e. The van der Waals surface area contributed by atoms with Crippen LogP contribution in [0.4, 0.5) is 5.69 Å². The highest BCUT2D eigenvalue weighted by atomic mass is 16.6. The average molecular weight is 289 g/mol. The van der Waals surface area contributed by atoms with Crippen LogP contribution in [-0.4, -0.2) is 54.7 Å². The molecule has 1 aromatic heterocycles. The lowest BCUT2D eigenvalue weighted by molar-refractivity contribution is -0.387. The third-order valence-electron chi connectivity index (χ3n) is 2.94. The molecule has 1 saturated heterocycles. The molecule has 1 aromatic rings. The van der Waals surface area contributed by atoms with Crippen LogP contribution in [0.2, 0.25) is 0 Å². The first kappa shape index (κ1) is 14.3. The SMILES string of the molecule is O=c1[nH]c(=O)n([C@@H]2O[C@H](CO)[C@H](O)C2O)cc1[N+](=O)[O-]. The van der Waals surface area contributed by atoms with E-state index in [1.54, 1.807) is 4.98 Å². The molecule has 1 fully saturated rings. The second kappa shape index (κ2) is 5.13. The van der Waals surface area contributed by atoms with Crippen molar-refractivity contribution in [3.8, 4) is 0 Å². The van der Waals surface area contributed by atoms with E-state index in [4.69, 9.17) is 9.84 Å². The van der Waals surface area contributed by atoms with Gasteiger partial charge in [0, 0.05) is 0 Å². The lowest BCUT2D eigenvalue weighted by Gasteiger charge is -2.16. The number of hydrogen-bond donors (Lipinski definition) is 4. The summed E-state index contributed by atoms with van der Waals surface area (Å²) in [6.07, 6.45) is -5.04. The fraction of sp³-hybridized carbons (Fsp3) is 0.556. The quantitative estimate of drug-likeness (QED) is 0.338. The minimum absolute atomic E-state index is 0.586. The summed E-state index contributed by atoms with van der Waals surface area (Å²) in [5.41, 5.74) is -3.15. The molecule has 0 radical (unpaired) electrons. The predicted octanol–water partition coefficient (Wildman–Crippen LogP) is -2.94.